The Morgan fingerprint density at radius 2 is 1.65 bits per heavy atom. The normalized spacial score (nSPS) is 9.13. The molecule has 112 valence electrons. The number of nitrogens with zero attached hydrogens (tertiary/aromatic N) is 2. The summed E-state index contributed by atoms with van der Waals surface area (Å²) in [6.45, 7) is 0.137. The van der Waals surface area contributed by atoms with E-state index >= 15 is 0 Å². The molecular weight excluding hydrogens is 292 g/mol. The molecule has 0 aliphatic carbocycles. The zero-order valence-corrected chi connectivity index (χ0v) is 12.4. The van der Waals surface area contributed by atoms with Crippen molar-refractivity contribution in [1.82, 2.24) is 0 Å². The van der Waals surface area contributed by atoms with Gasteiger partial charge in [-0.3, -0.25) is 0 Å². The fourth-order valence-corrected chi connectivity index (χ4v) is 1.86. The molecule has 0 bridgehead atoms. The molecular formula is C18H12N2O3. The number of terminal acetylenes is 1. The Morgan fingerprint density at radius 3 is 2.30 bits per heavy atom. The van der Waals surface area contributed by atoms with E-state index in [1.165, 1.54) is 19.2 Å². The molecule has 0 radical (unpaired) electrons. The van der Waals surface area contributed by atoms with Gasteiger partial charge in [0.2, 0.25) is 0 Å². The van der Waals surface area contributed by atoms with Crippen LogP contribution in [0.5, 0.6) is 23.0 Å². The summed E-state index contributed by atoms with van der Waals surface area (Å²) in [5, 5.41) is 17.9. The van der Waals surface area contributed by atoms with Crippen LogP contribution in [0.4, 0.5) is 0 Å². The fourth-order valence-electron chi connectivity index (χ4n) is 1.86. The summed E-state index contributed by atoms with van der Waals surface area (Å²) in [6.07, 6.45) is 5.16. The molecule has 0 amide bonds. The monoisotopic (exact) mass is 304 g/mol. The maximum atomic E-state index is 9.03. The molecule has 0 aliphatic heterocycles. The molecule has 0 heterocycles. The standard InChI is InChI=1S/C18H12N2O3/c1-3-8-22-17-7-6-16(10-18(17)21-2)23-15-5-4-13(11-19)14(9-15)12-20/h1,4-7,9-10H,8H2,2H3. The number of hydrogen-bond donors (Lipinski definition) is 0. The zero-order valence-electron chi connectivity index (χ0n) is 12.4. The Hall–Kier alpha value is -3.62. The fraction of sp³-hybridized carbons (Fsp3) is 0.111. The van der Waals surface area contributed by atoms with Crippen molar-refractivity contribution < 1.29 is 14.2 Å². The van der Waals surface area contributed by atoms with Crippen LogP contribution in [0.15, 0.2) is 36.4 Å². The first kappa shape index (κ1) is 15.8. The van der Waals surface area contributed by atoms with Crippen LogP contribution < -0.4 is 14.2 Å². The minimum atomic E-state index is 0.137. The molecule has 0 fully saturated rings. The molecule has 0 spiro atoms. The molecule has 0 saturated heterocycles. The maximum Gasteiger partial charge on any atom is 0.164 e. The second-order valence-corrected chi connectivity index (χ2v) is 4.34. The molecule has 5 nitrogen and oxygen atoms in total. The van der Waals surface area contributed by atoms with Gasteiger partial charge in [-0.1, -0.05) is 5.92 Å². The van der Waals surface area contributed by atoms with Crippen molar-refractivity contribution in [2.24, 2.45) is 0 Å². The summed E-state index contributed by atoms with van der Waals surface area (Å²) in [6, 6.07) is 13.6. The Balaban J connectivity index is 2.26. The Bertz CT molecular complexity index is 839. The molecule has 5 heteroatoms. The number of hydrogen-bond acceptors (Lipinski definition) is 5. The summed E-state index contributed by atoms with van der Waals surface area (Å²) < 4.78 is 16.3. The van der Waals surface area contributed by atoms with Crippen LogP contribution in [0.3, 0.4) is 0 Å². The summed E-state index contributed by atoms with van der Waals surface area (Å²) in [4.78, 5) is 0. The van der Waals surface area contributed by atoms with Crippen LogP contribution in [-0.2, 0) is 0 Å². The smallest absolute Gasteiger partial charge is 0.164 e. The summed E-state index contributed by atoms with van der Waals surface area (Å²) in [5.74, 6) is 4.32. The molecule has 23 heavy (non-hydrogen) atoms. The van der Waals surface area contributed by atoms with E-state index in [4.69, 9.17) is 31.2 Å². The van der Waals surface area contributed by atoms with Crippen molar-refractivity contribution in [2.75, 3.05) is 13.7 Å². The average molecular weight is 304 g/mol. The number of ether oxygens (including phenoxy) is 3. The third-order valence-corrected chi connectivity index (χ3v) is 2.91. The first-order valence-corrected chi connectivity index (χ1v) is 6.58. The van der Waals surface area contributed by atoms with Gasteiger partial charge in [-0.2, -0.15) is 10.5 Å². The number of benzene rings is 2. The summed E-state index contributed by atoms with van der Waals surface area (Å²) >= 11 is 0. The highest BCUT2D eigenvalue weighted by atomic mass is 16.5. The van der Waals surface area contributed by atoms with Crippen molar-refractivity contribution in [3.05, 3.63) is 47.5 Å². The maximum absolute atomic E-state index is 9.03. The van der Waals surface area contributed by atoms with Gasteiger partial charge in [0.05, 0.1) is 18.2 Å². The third-order valence-electron chi connectivity index (χ3n) is 2.91. The van der Waals surface area contributed by atoms with Gasteiger partial charge >= 0.3 is 0 Å². The average Bonchev–Trinajstić information content (AvgIpc) is 2.60. The molecule has 2 aromatic carbocycles. The van der Waals surface area contributed by atoms with Crippen LogP contribution in [0.1, 0.15) is 11.1 Å². The highest BCUT2D eigenvalue weighted by molar-refractivity contribution is 5.51. The van der Waals surface area contributed by atoms with Gasteiger partial charge in [0.1, 0.15) is 30.2 Å². The van der Waals surface area contributed by atoms with Crippen LogP contribution in [0.2, 0.25) is 0 Å². The van der Waals surface area contributed by atoms with Gasteiger partial charge in [0.15, 0.2) is 11.5 Å². The van der Waals surface area contributed by atoms with Gasteiger partial charge in [0, 0.05) is 6.07 Å². The van der Waals surface area contributed by atoms with Crippen LogP contribution in [-0.4, -0.2) is 13.7 Å². The van der Waals surface area contributed by atoms with E-state index in [2.05, 4.69) is 5.92 Å². The lowest BCUT2D eigenvalue weighted by atomic mass is 10.1. The number of rotatable bonds is 5. The minimum absolute atomic E-state index is 0.137. The van der Waals surface area contributed by atoms with E-state index in [1.54, 1.807) is 24.3 Å². The van der Waals surface area contributed by atoms with E-state index < -0.39 is 0 Å². The number of nitriles is 2. The first-order chi connectivity index (χ1) is 11.2. The molecule has 0 aliphatic rings. The largest absolute Gasteiger partial charge is 0.493 e. The highest BCUT2D eigenvalue weighted by Gasteiger charge is 2.09. The van der Waals surface area contributed by atoms with Crippen LogP contribution >= 0.6 is 0 Å². The highest BCUT2D eigenvalue weighted by Crippen LogP contribution is 2.33. The Kier molecular flexibility index (Phi) is 5.08. The lowest BCUT2D eigenvalue weighted by Crippen LogP contribution is -1.97. The van der Waals surface area contributed by atoms with Gasteiger partial charge in [-0.25, -0.2) is 0 Å². The van der Waals surface area contributed by atoms with Crippen molar-refractivity contribution in [2.45, 2.75) is 0 Å². The van der Waals surface area contributed by atoms with Crippen molar-refractivity contribution in [3.63, 3.8) is 0 Å². The molecule has 0 N–H and O–H groups in total. The van der Waals surface area contributed by atoms with E-state index in [1.807, 2.05) is 12.1 Å². The zero-order chi connectivity index (χ0) is 16.7. The topological polar surface area (TPSA) is 75.3 Å². The SMILES string of the molecule is C#CCOc1ccc(Oc2ccc(C#N)c(C#N)c2)cc1OC. The van der Waals surface area contributed by atoms with Crippen molar-refractivity contribution in [1.29, 1.82) is 10.5 Å². The number of methoxy groups -OCH3 is 1. The van der Waals surface area contributed by atoms with Gasteiger partial charge in [-0.05, 0) is 30.3 Å². The van der Waals surface area contributed by atoms with Gasteiger partial charge in [-0.15, -0.1) is 6.42 Å². The predicted octanol–water partition coefficient (Wildman–Crippen LogP) is 3.24. The molecule has 0 atom stereocenters. The minimum Gasteiger partial charge on any atom is -0.493 e. The van der Waals surface area contributed by atoms with Crippen molar-refractivity contribution >= 4 is 0 Å². The van der Waals surface area contributed by atoms with Crippen LogP contribution in [0, 0.1) is 35.0 Å². The van der Waals surface area contributed by atoms with Crippen LogP contribution in [0.25, 0.3) is 0 Å². The lowest BCUT2D eigenvalue weighted by Gasteiger charge is -2.11. The van der Waals surface area contributed by atoms with E-state index in [0.717, 1.165) is 0 Å². The Labute approximate surface area is 134 Å². The third kappa shape index (κ3) is 3.73. The molecule has 2 aromatic rings. The van der Waals surface area contributed by atoms with E-state index in [-0.39, 0.29) is 12.2 Å². The molecule has 0 unspecified atom stereocenters. The second kappa shape index (κ2) is 7.41. The quantitative estimate of drug-likeness (QED) is 0.793. The predicted molar refractivity (Wildman–Crippen MR) is 83.3 cm³/mol. The van der Waals surface area contributed by atoms with E-state index in [0.29, 0.717) is 28.6 Å². The molecule has 0 saturated carbocycles. The van der Waals surface area contributed by atoms with Gasteiger partial charge in [0.25, 0.3) is 0 Å². The van der Waals surface area contributed by atoms with Gasteiger partial charge < -0.3 is 14.2 Å². The first-order valence-electron chi connectivity index (χ1n) is 6.58. The van der Waals surface area contributed by atoms with E-state index in [9.17, 15) is 0 Å². The second-order valence-electron chi connectivity index (χ2n) is 4.34. The Morgan fingerprint density at radius 1 is 0.957 bits per heavy atom. The lowest BCUT2D eigenvalue weighted by molar-refractivity contribution is 0.329. The molecule has 0 aromatic heterocycles. The van der Waals surface area contributed by atoms with Crippen molar-refractivity contribution in [3.8, 4) is 47.5 Å². The molecule has 2 rings (SSSR count). The summed E-state index contributed by atoms with van der Waals surface area (Å²) in [7, 11) is 1.51. The summed E-state index contributed by atoms with van der Waals surface area (Å²) in [5.41, 5.74) is 0.557.